The second kappa shape index (κ2) is 3.79. The van der Waals surface area contributed by atoms with Crippen LogP contribution in [-0.2, 0) is 4.79 Å². The van der Waals surface area contributed by atoms with Crippen molar-refractivity contribution in [3.8, 4) is 5.75 Å². The Bertz CT molecular complexity index is 337. The van der Waals surface area contributed by atoms with Crippen LogP contribution < -0.4 is 4.74 Å². The molecule has 3 nitrogen and oxygen atoms in total. The van der Waals surface area contributed by atoms with Crippen LogP contribution in [0.25, 0.3) is 0 Å². The van der Waals surface area contributed by atoms with Crippen molar-refractivity contribution in [2.45, 2.75) is 6.11 Å². The molecule has 0 spiro atoms. The van der Waals surface area contributed by atoms with E-state index in [4.69, 9.17) is 16.7 Å². The van der Waals surface area contributed by atoms with Gasteiger partial charge in [0, 0.05) is 5.02 Å². The Balaban J connectivity index is 2.79. The molecule has 0 heterocycles. The molecule has 6 heteroatoms. The van der Waals surface area contributed by atoms with Gasteiger partial charge >= 0.3 is 12.1 Å². The van der Waals surface area contributed by atoms with Gasteiger partial charge in [0.15, 0.2) is 0 Å². The van der Waals surface area contributed by atoms with Crippen LogP contribution in [0.3, 0.4) is 0 Å². The van der Waals surface area contributed by atoms with E-state index in [1.54, 1.807) is 0 Å². The minimum absolute atomic E-state index is 0.262. The number of carbonyl (C=O) groups is 1. The summed E-state index contributed by atoms with van der Waals surface area (Å²) in [5.41, 5.74) is 0. The molecule has 0 saturated heterocycles. The molecule has 0 aromatic heterocycles. The van der Waals surface area contributed by atoms with Crippen molar-refractivity contribution < 1.29 is 23.4 Å². The third-order valence-corrected chi connectivity index (χ3v) is 1.56. The van der Waals surface area contributed by atoms with Crippen LogP contribution in [0.2, 0.25) is 5.02 Å². The number of benzene rings is 1. The molecule has 1 aromatic carbocycles. The van der Waals surface area contributed by atoms with Gasteiger partial charge < -0.3 is 9.84 Å². The van der Waals surface area contributed by atoms with Gasteiger partial charge in [-0.3, -0.25) is 0 Å². The maximum Gasteiger partial charge on any atom is 0.501 e. The SMILES string of the molecule is O=C(O)C(F)(F)Oc1ccc(Cl)cc1. The molecule has 0 aliphatic rings. The summed E-state index contributed by atoms with van der Waals surface area (Å²) in [6.07, 6.45) is -4.23. The average molecular weight is 223 g/mol. The lowest BCUT2D eigenvalue weighted by molar-refractivity contribution is -0.210. The van der Waals surface area contributed by atoms with E-state index in [0.717, 1.165) is 12.1 Å². The zero-order valence-electron chi connectivity index (χ0n) is 6.71. The molecule has 0 aliphatic carbocycles. The van der Waals surface area contributed by atoms with Crippen molar-refractivity contribution in [3.63, 3.8) is 0 Å². The number of carboxylic acid groups (broad SMARTS) is 1. The largest absolute Gasteiger partial charge is 0.501 e. The fraction of sp³-hybridized carbons (Fsp3) is 0.125. The molecular weight excluding hydrogens is 218 g/mol. The minimum atomic E-state index is -4.23. The Kier molecular flexibility index (Phi) is 2.90. The number of hydrogen-bond donors (Lipinski definition) is 1. The molecule has 0 amide bonds. The Morgan fingerprint density at radius 2 is 1.86 bits per heavy atom. The normalized spacial score (nSPS) is 11.1. The minimum Gasteiger partial charge on any atom is -0.474 e. The highest BCUT2D eigenvalue weighted by Crippen LogP contribution is 2.23. The molecule has 0 unspecified atom stereocenters. The Hall–Kier alpha value is -1.36. The van der Waals surface area contributed by atoms with Crippen LogP contribution in [0.15, 0.2) is 24.3 Å². The second-order valence-electron chi connectivity index (χ2n) is 2.38. The highest BCUT2D eigenvalue weighted by Gasteiger charge is 2.42. The van der Waals surface area contributed by atoms with Crippen LogP contribution in [0, 0.1) is 0 Å². The third kappa shape index (κ3) is 2.56. The maximum atomic E-state index is 12.5. The third-order valence-electron chi connectivity index (χ3n) is 1.31. The van der Waals surface area contributed by atoms with E-state index in [1.165, 1.54) is 12.1 Å². The molecule has 14 heavy (non-hydrogen) atoms. The summed E-state index contributed by atoms with van der Waals surface area (Å²) in [5.74, 6) is -2.60. The second-order valence-corrected chi connectivity index (χ2v) is 2.81. The fourth-order valence-corrected chi connectivity index (χ4v) is 0.820. The van der Waals surface area contributed by atoms with Crippen molar-refractivity contribution in [3.05, 3.63) is 29.3 Å². The molecular formula is C8H5ClF2O3. The summed E-state index contributed by atoms with van der Waals surface area (Å²) in [7, 11) is 0. The predicted octanol–water partition coefficient (Wildman–Crippen LogP) is 2.40. The number of alkyl halides is 2. The number of aliphatic carboxylic acids is 1. The van der Waals surface area contributed by atoms with Gasteiger partial charge in [0.05, 0.1) is 0 Å². The summed E-state index contributed by atoms with van der Waals surface area (Å²) in [4.78, 5) is 9.99. The van der Waals surface area contributed by atoms with Gasteiger partial charge in [0.2, 0.25) is 0 Å². The van der Waals surface area contributed by atoms with Crippen LogP contribution in [0.4, 0.5) is 8.78 Å². The Morgan fingerprint density at radius 1 is 1.36 bits per heavy atom. The Morgan fingerprint density at radius 3 is 2.29 bits per heavy atom. The number of carboxylic acids is 1. The van der Waals surface area contributed by atoms with E-state index >= 15 is 0 Å². The van der Waals surface area contributed by atoms with Gasteiger partial charge in [0.25, 0.3) is 0 Å². The molecule has 1 aromatic rings. The quantitative estimate of drug-likeness (QED) is 0.854. The van der Waals surface area contributed by atoms with Gasteiger partial charge in [0.1, 0.15) is 5.75 Å². The molecule has 1 rings (SSSR count). The van der Waals surface area contributed by atoms with Crippen LogP contribution >= 0.6 is 11.6 Å². The predicted molar refractivity (Wildman–Crippen MR) is 44.7 cm³/mol. The standard InChI is InChI=1S/C8H5ClF2O3/c9-5-1-3-6(4-2-5)14-8(10,11)7(12)13/h1-4H,(H,12,13). The first-order valence-corrected chi connectivity index (χ1v) is 3.85. The van der Waals surface area contributed by atoms with Gasteiger partial charge in [-0.2, -0.15) is 8.78 Å². The lowest BCUT2D eigenvalue weighted by atomic mass is 10.3. The summed E-state index contributed by atoms with van der Waals surface area (Å²) < 4.78 is 28.9. The lowest BCUT2D eigenvalue weighted by Crippen LogP contribution is -2.34. The van der Waals surface area contributed by atoms with E-state index in [9.17, 15) is 13.6 Å². The van der Waals surface area contributed by atoms with Crippen molar-refractivity contribution in [1.82, 2.24) is 0 Å². The highest BCUT2D eigenvalue weighted by atomic mass is 35.5. The maximum absolute atomic E-state index is 12.5. The topological polar surface area (TPSA) is 46.5 Å². The fourth-order valence-electron chi connectivity index (χ4n) is 0.694. The van der Waals surface area contributed by atoms with Crippen molar-refractivity contribution in [1.29, 1.82) is 0 Å². The molecule has 0 aliphatic heterocycles. The van der Waals surface area contributed by atoms with Crippen LogP contribution in [0.5, 0.6) is 5.75 Å². The first-order chi connectivity index (χ1) is 6.42. The van der Waals surface area contributed by atoms with Crippen LogP contribution in [-0.4, -0.2) is 17.2 Å². The Labute approximate surface area is 82.9 Å². The molecule has 76 valence electrons. The summed E-state index contributed by atoms with van der Waals surface area (Å²) in [6.45, 7) is 0. The molecule has 0 atom stereocenters. The van der Waals surface area contributed by atoms with Crippen molar-refractivity contribution >= 4 is 17.6 Å². The number of halogens is 3. The molecule has 0 bridgehead atoms. The van der Waals surface area contributed by atoms with E-state index in [-0.39, 0.29) is 5.75 Å². The molecule has 0 saturated carbocycles. The van der Waals surface area contributed by atoms with E-state index in [2.05, 4.69) is 4.74 Å². The van der Waals surface area contributed by atoms with Gasteiger partial charge in [-0.05, 0) is 24.3 Å². The average Bonchev–Trinajstić information content (AvgIpc) is 2.08. The highest BCUT2D eigenvalue weighted by molar-refractivity contribution is 6.30. The summed E-state index contributed by atoms with van der Waals surface area (Å²) in [6, 6.07) is 4.93. The van der Waals surface area contributed by atoms with Crippen molar-refractivity contribution in [2.75, 3.05) is 0 Å². The first-order valence-electron chi connectivity index (χ1n) is 3.47. The zero-order valence-corrected chi connectivity index (χ0v) is 7.46. The van der Waals surface area contributed by atoms with E-state index in [0.29, 0.717) is 5.02 Å². The number of ether oxygens (including phenoxy) is 1. The first kappa shape index (κ1) is 10.7. The summed E-state index contributed by atoms with van der Waals surface area (Å²) >= 11 is 5.49. The van der Waals surface area contributed by atoms with E-state index in [1.807, 2.05) is 0 Å². The number of rotatable bonds is 3. The zero-order chi connectivity index (χ0) is 10.8. The lowest BCUT2D eigenvalue weighted by Gasteiger charge is -2.12. The smallest absolute Gasteiger partial charge is 0.474 e. The summed E-state index contributed by atoms with van der Waals surface area (Å²) in [5, 5.41) is 8.40. The van der Waals surface area contributed by atoms with Crippen LogP contribution in [0.1, 0.15) is 0 Å². The van der Waals surface area contributed by atoms with E-state index < -0.39 is 12.1 Å². The van der Waals surface area contributed by atoms with Gasteiger partial charge in [-0.25, -0.2) is 4.79 Å². The van der Waals surface area contributed by atoms with Gasteiger partial charge in [-0.1, -0.05) is 11.6 Å². The monoisotopic (exact) mass is 222 g/mol. The number of hydrogen-bond acceptors (Lipinski definition) is 2. The van der Waals surface area contributed by atoms with Gasteiger partial charge in [-0.15, -0.1) is 0 Å². The molecule has 0 fully saturated rings. The van der Waals surface area contributed by atoms with Crippen molar-refractivity contribution in [2.24, 2.45) is 0 Å². The molecule has 0 radical (unpaired) electrons. The molecule has 1 N–H and O–H groups in total.